The second-order valence-corrected chi connectivity index (χ2v) is 5.63. The monoisotopic (exact) mass is 318 g/mol. The summed E-state index contributed by atoms with van der Waals surface area (Å²) < 4.78 is 2.17. The predicted molar refractivity (Wildman–Crippen MR) is 95.4 cm³/mol. The van der Waals surface area contributed by atoms with Crippen molar-refractivity contribution in [2.24, 2.45) is 5.73 Å². The Hall–Kier alpha value is -3.14. The summed E-state index contributed by atoms with van der Waals surface area (Å²) >= 11 is 0. The molecule has 0 spiro atoms. The molecule has 3 aromatic rings. The number of carbonyl (C=O) groups excluding carboxylic acids is 1. The van der Waals surface area contributed by atoms with E-state index in [1.54, 1.807) is 0 Å². The summed E-state index contributed by atoms with van der Waals surface area (Å²) in [5, 5.41) is 2.56. The van der Waals surface area contributed by atoms with E-state index in [2.05, 4.69) is 46.5 Å². The van der Waals surface area contributed by atoms with E-state index in [0.29, 0.717) is 5.69 Å². The van der Waals surface area contributed by atoms with Crippen molar-refractivity contribution in [2.75, 3.05) is 5.32 Å². The Labute approximate surface area is 141 Å². The van der Waals surface area contributed by atoms with Gasteiger partial charge >= 0.3 is 6.03 Å². The molecule has 24 heavy (non-hydrogen) atoms. The van der Waals surface area contributed by atoms with Gasteiger partial charge in [-0.2, -0.15) is 0 Å². The molecule has 0 saturated carbocycles. The van der Waals surface area contributed by atoms with Crippen LogP contribution in [-0.2, 0) is 13.0 Å². The highest BCUT2D eigenvalue weighted by molar-refractivity contribution is 5.87. The summed E-state index contributed by atoms with van der Waals surface area (Å²) in [6, 6.07) is 21.8. The molecule has 0 bridgehead atoms. The van der Waals surface area contributed by atoms with Crippen LogP contribution in [0.25, 0.3) is 11.1 Å². The van der Waals surface area contributed by atoms with Crippen molar-refractivity contribution >= 4 is 11.7 Å². The fraction of sp³-hybridized carbons (Fsp3) is 0.100. The maximum Gasteiger partial charge on any atom is 0.316 e. The van der Waals surface area contributed by atoms with Crippen LogP contribution in [0.3, 0.4) is 0 Å². The maximum absolute atomic E-state index is 10.8. The number of urea groups is 1. The number of hydrogen-bond donors (Lipinski definition) is 2. The lowest BCUT2D eigenvalue weighted by atomic mass is 10.1. The summed E-state index contributed by atoms with van der Waals surface area (Å²) in [5.41, 5.74) is 9.47. The van der Waals surface area contributed by atoms with E-state index < -0.39 is 6.03 Å². The number of nitrogens with two attached hydrogens (primary N) is 1. The van der Waals surface area contributed by atoms with Crippen LogP contribution in [0.1, 0.15) is 5.56 Å². The Morgan fingerprint density at radius 3 is 2.12 bits per heavy atom. The zero-order chi connectivity index (χ0) is 16.8. The van der Waals surface area contributed by atoms with Crippen molar-refractivity contribution in [3.63, 3.8) is 0 Å². The van der Waals surface area contributed by atoms with Gasteiger partial charge < -0.3 is 11.1 Å². The van der Waals surface area contributed by atoms with Crippen molar-refractivity contribution in [3.8, 4) is 11.1 Å². The third kappa shape index (κ3) is 4.20. The third-order valence-electron chi connectivity index (χ3n) is 3.88. The number of benzene rings is 2. The van der Waals surface area contributed by atoms with Gasteiger partial charge in [0.25, 0.3) is 0 Å². The lowest BCUT2D eigenvalue weighted by Gasteiger charge is -2.04. The molecular formula is C20H20N3O+. The van der Waals surface area contributed by atoms with Crippen molar-refractivity contribution < 1.29 is 9.36 Å². The number of aromatic nitrogens is 1. The molecule has 4 heteroatoms. The molecule has 0 aliphatic rings. The second kappa shape index (κ2) is 7.42. The highest BCUT2D eigenvalue weighted by Gasteiger charge is 2.04. The zero-order valence-corrected chi connectivity index (χ0v) is 13.4. The minimum atomic E-state index is -0.545. The molecule has 1 aromatic heterocycles. The van der Waals surface area contributed by atoms with Gasteiger partial charge in [-0.15, -0.1) is 0 Å². The predicted octanol–water partition coefficient (Wildman–Crippen LogP) is 3.37. The zero-order valence-electron chi connectivity index (χ0n) is 13.4. The Bertz CT molecular complexity index is 797. The van der Waals surface area contributed by atoms with E-state index in [0.717, 1.165) is 13.0 Å². The van der Waals surface area contributed by atoms with Crippen LogP contribution >= 0.6 is 0 Å². The Balaban J connectivity index is 1.59. The average Bonchev–Trinajstić information content (AvgIpc) is 2.62. The summed E-state index contributed by atoms with van der Waals surface area (Å²) in [7, 11) is 0. The highest BCUT2D eigenvalue weighted by Crippen LogP contribution is 2.16. The Kier molecular flexibility index (Phi) is 4.87. The quantitative estimate of drug-likeness (QED) is 0.696. The SMILES string of the molecule is NC(=O)Nc1ccc(CC[n+]2ccc(-c3ccccc3)cc2)cc1. The number of anilines is 1. The lowest BCUT2D eigenvalue weighted by Crippen LogP contribution is -2.33. The van der Waals surface area contributed by atoms with Gasteiger partial charge in [0, 0.05) is 24.2 Å². The van der Waals surface area contributed by atoms with Crippen LogP contribution in [0.5, 0.6) is 0 Å². The van der Waals surface area contributed by atoms with E-state index in [-0.39, 0.29) is 0 Å². The Morgan fingerprint density at radius 1 is 0.875 bits per heavy atom. The summed E-state index contributed by atoms with van der Waals surface area (Å²) in [6.07, 6.45) is 5.13. The second-order valence-electron chi connectivity index (χ2n) is 5.63. The number of primary amides is 1. The normalized spacial score (nSPS) is 10.3. The fourth-order valence-electron chi connectivity index (χ4n) is 2.58. The molecule has 2 aromatic carbocycles. The fourth-order valence-corrected chi connectivity index (χ4v) is 2.58. The highest BCUT2D eigenvalue weighted by atomic mass is 16.2. The van der Waals surface area contributed by atoms with Gasteiger partial charge in [0.05, 0.1) is 0 Å². The Morgan fingerprint density at radius 2 is 1.50 bits per heavy atom. The van der Waals surface area contributed by atoms with E-state index in [1.807, 2.05) is 42.5 Å². The molecule has 4 nitrogen and oxygen atoms in total. The molecule has 0 atom stereocenters. The van der Waals surface area contributed by atoms with E-state index in [4.69, 9.17) is 5.73 Å². The first kappa shape index (κ1) is 15.7. The number of nitrogens with zero attached hydrogens (tertiary/aromatic N) is 1. The number of rotatable bonds is 5. The van der Waals surface area contributed by atoms with E-state index >= 15 is 0 Å². The van der Waals surface area contributed by atoms with Crippen molar-refractivity contribution in [2.45, 2.75) is 13.0 Å². The summed E-state index contributed by atoms with van der Waals surface area (Å²) in [5.74, 6) is 0. The molecule has 2 amide bonds. The number of nitrogens with one attached hydrogen (secondary N) is 1. The molecule has 1 heterocycles. The van der Waals surface area contributed by atoms with Gasteiger partial charge in [-0.3, -0.25) is 0 Å². The number of hydrogen-bond acceptors (Lipinski definition) is 1. The minimum absolute atomic E-state index is 0.545. The standard InChI is InChI=1S/C20H19N3O/c21-20(24)22-19-8-6-16(7-9-19)10-13-23-14-11-18(12-15-23)17-4-2-1-3-5-17/h1-9,11-12,14-15H,10,13H2,(H2-,21,22,24)/p+1. The van der Waals surface area contributed by atoms with Crippen molar-refractivity contribution in [1.82, 2.24) is 0 Å². The largest absolute Gasteiger partial charge is 0.351 e. The molecular weight excluding hydrogens is 298 g/mol. The van der Waals surface area contributed by atoms with Gasteiger partial charge in [0.15, 0.2) is 18.9 Å². The van der Waals surface area contributed by atoms with Crippen LogP contribution in [0.2, 0.25) is 0 Å². The molecule has 0 aliphatic carbocycles. The lowest BCUT2D eigenvalue weighted by molar-refractivity contribution is -0.696. The molecule has 0 fully saturated rings. The van der Waals surface area contributed by atoms with E-state index in [9.17, 15) is 4.79 Å². The number of carbonyl (C=O) groups is 1. The molecule has 0 aliphatic heterocycles. The first-order valence-electron chi connectivity index (χ1n) is 7.91. The first-order chi connectivity index (χ1) is 11.7. The number of amides is 2. The molecule has 120 valence electrons. The number of aryl methyl sites for hydroxylation is 2. The van der Waals surface area contributed by atoms with Gasteiger partial charge in [0.2, 0.25) is 0 Å². The van der Waals surface area contributed by atoms with Crippen LogP contribution in [0.4, 0.5) is 10.5 Å². The minimum Gasteiger partial charge on any atom is -0.351 e. The average molecular weight is 318 g/mol. The maximum atomic E-state index is 10.8. The molecule has 0 saturated heterocycles. The number of pyridine rings is 1. The summed E-state index contributed by atoms with van der Waals surface area (Å²) in [6.45, 7) is 0.900. The van der Waals surface area contributed by atoms with Crippen LogP contribution in [0.15, 0.2) is 79.1 Å². The van der Waals surface area contributed by atoms with Crippen LogP contribution in [0, 0.1) is 0 Å². The van der Waals surface area contributed by atoms with Gasteiger partial charge in [0.1, 0.15) is 0 Å². The van der Waals surface area contributed by atoms with Crippen LogP contribution < -0.4 is 15.6 Å². The van der Waals surface area contributed by atoms with Crippen molar-refractivity contribution in [1.29, 1.82) is 0 Å². The molecule has 0 unspecified atom stereocenters. The van der Waals surface area contributed by atoms with E-state index in [1.165, 1.54) is 16.7 Å². The van der Waals surface area contributed by atoms with Gasteiger partial charge in [-0.25, -0.2) is 9.36 Å². The first-order valence-corrected chi connectivity index (χ1v) is 7.91. The molecule has 3 rings (SSSR count). The molecule has 0 radical (unpaired) electrons. The van der Waals surface area contributed by atoms with Gasteiger partial charge in [-0.1, -0.05) is 42.5 Å². The van der Waals surface area contributed by atoms with Crippen LogP contribution in [-0.4, -0.2) is 6.03 Å². The topological polar surface area (TPSA) is 59.0 Å². The molecule has 3 N–H and O–H groups in total. The van der Waals surface area contributed by atoms with Gasteiger partial charge in [-0.05, 0) is 28.8 Å². The van der Waals surface area contributed by atoms with Crippen molar-refractivity contribution in [3.05, 3.63) is 84.7 Å². The third-order valence-corrected chi connectivity index (χ3v) is 3.88. The summed E-state index contributed by atoms with van der Waals surface area (Å²) in [4.78, 5) is 10.8. The smallest absolute Gasteiger partial charge is 0.316 e.